The number of rotatable bonds is 3. The van der Waals surface area contributed by atoms with Gasteiger partial charge in [0.2, 0.25) is 0 Å². The van der Waals surface area contributed by atoms with Crippen molar-refractivity contribution in [2.75, 3.05) is 33.2 Å². The van der Waals surface area contributed by atoms with Crippen molar-refractivity contribution in [3.05, 3.63) is 29.8 Å². The zero-order valence-corrected chi connectivity index (χ0v) is 12.0. The lowest BCUT2D eigenvalue weighted by molar-refractivity contribution is 0.0748. The van der Waals surface area contributed by atoms with E-state index in [2.05, 4.69) is 4.90 Å². The van der Waals surface area contributed by atoms with Crippen molar-refractivity contribution >= 4 is 5.91 Å². The van der Waals surface area contributed by atoms with E-state index in [0.717, 1.165) is 18.7 Å². The third kappa shape index (κ3) is 2.80. The number of carbonyl (C=O) groups excluding carboxylic acids is 1. The fraction of sp³-hybridized carbons (Fsp3) is 0.562. The maximum Gasteiger partial charge on any atom is 0.257 e. The SMILES string of the molecule is CN1CC(CCN2CCCC2)Oc2ccccc2C1=O. The minimum absolute atomic E-state index is 0.0595. The Kier molecular flexibility index (Phi) is 3.92. The van der Waals surface area contributed by atoms with Crippen LogP contribution in [0.1, 0.15) is 29.6 Å². The molecule has 20 heavy (non-hydrogen) atoms. The van der Waals surface area contributed by atoms with E-state index in [-0.39, 0.29) is 12.0 Å². The van der Waals surface area contributed by atoms with Crippen LogP contribution in [0.4, 0.5) is 0 Å². The smallest absolute Gasteiger partial charge is 0.257 e. The molecule has 0 saturated carbocycles. The monoisotopic (exact) mass is 274 g/mol. The number of benzene rings is 1. The van der Waals surface area contributed by atoms with Gasteiger partial charge in [-0.15, -0.1) is 0 Å². The Hall–Kier alpha value is -1.55. The molecule has 3 rings (SSSR count). The van der Waals surface area contributed by atoms with Gasteiger partial charge in [0.15, 0.2) is 0 Å². The van der Waals surface area contributed by atoms with Crippen molar-refractivity contribution in [3.8, 4) is 5.75 Å². The van der Waals surface area contributed by atoms with Crippen LogP contribution in [0.2, 0.25) is 0 Å². The predicted octanol–water partition coefficient (Wildman–Crippen LogP) is 2.01. The molecule has 2 aliphatic rings. The standard InChI is InChI=1S/C16H22N2O2/c1-17-12-13(8-11-18-9-4-5-10-18)20-15-7-3-2-6-14(15)16(17)19/h2-3,6-7,13H,4-5,8-12H2,1H3. The molecule has 0 aliphatic carbocycles. The van der Waals surface area contributed by atoms with Gasteiger partial charge in [-0.2, -0.15) is 0 Å². The largest absolute Gasteiger partial charge is 0.488 e. The van der Waals surface area contributed by atoms with Crippen LogP contribution in [0.15, 0.2) is 24.3 Å². The molecule has 0 bridgehead atoms. The molecule has 2 aliphatic heterocycles. The van der Waals surface area contributed by atoms with Crippen molar-refractivity contribution < 1.29 is 9.53 Å². The van der Waals surface area contributed by atoms with Gasteiger partial charge >= 0.3 is 0 Å². The van der Waals surface area contributed by atoms with E-state index in [1.807, 2.05) is 31.3 Å². The molecule has 1 aromatic carbocycles. The Morgan fingerprint density at radius 1 is 1.25 bits per heavy atom. The van der Waals surface area contributed by atoms with Gasteiger partial charge in [-0.1, -0.05) is 12.1 Å². The minimum Gasteiger partial charge on any atom is -0.488 e. The maximum absolute atomic E-state index is 12.3. The zero-order chi connectivity index (χ0) is 13.9. The highest BCUT2D eigenvalue weighted by molar-refractivity contribution is 5.97. The predicted molar refractivity (Wildman–Crippen MR) is 78.1 cm³/mol. The summed E-state index contributed by atoms with van der Waals surface area (Å²) >= 11 is 0. The normalized spacial score (nSPS) is 23.4. The van der Waals surface area contributed by atoms with Crippen LogP contribution in [-0.2, 0) is 0 Å². The third-order valence-corrected chi connectivity index (χ3v) is 4.20. The Balaban J connectivity index is 1.69. The number of ether oxygens (including phenoxy) is 1. The highest BCUT2D eigenvalue weighted by Crippen LogP contribution is 2.25. The summed E-state index contributed by atoms with van der Waals surface area (Å²) < 4.78 is 6.07. The first kappa shape index (κ1) is 13.4. The highest BCUT2D eigenvalue weighted by atomic mass is 16.5. The van der Waals surface area contributed by atoms with Crippen LogP contribution in [0.5, 0.6) is 5.75 Å². The average Bonchev–Trinajstić information content (AvgIpc) is 2.94. The minimum atomic E-state index is 0.0595. The Morgan fingerprint density at radius 3 is 2.80 bits per heavy atom. The van der Waals surface area contributed by atoms with Crippen LogP contribution < -0.4 is 4.74 Å². The van der Waals surface area contributed by atoms with Crippen LogP contribution >= 0.6 is 0 Å². The Labute approximate surface area is 120 Å². The van der Waals surface area contributed by atoms with Gasteiger partial charge in [-0.25, -0.2) is 0 Å². The number of likely N-dealkylation sites (tertiary alicyclic amines) is 1. The number of carbonyl (C=O) groups is 1. The molecule has 1 unspecified atom stereocenters. The van der Waals surface area contributed by atoms with E-state index in [9.17, 15) is 4.79 Å². The summed E-state index contributed by atoms with van der Waals surface area (Å²) in [5.41, 5.74) is 0.679. The lowest BCUT2D eigenvalue weighted by Gasteiger charge is -2.23. The first-order valence-electron chi connectivity index (χ1n) is 7.47. The molecular weight excluding hydrogens is 252 g/mol. The summed E-state index contributed by atoms with van der Waals surface area (Å²) in [6, 6.07) is 7.56. The Morgan fingerprint density at radius 2 is 2.00 bits per heavy atom. The number of hydrogen-bond acceptors (Lipinski definition) is 3. The first-order chi connectivity index (χ1) is 9.74. The van der Waals surface area contributed by atoms with Crippen molar-refractivity contribution in [1.82, 2.24) is 9.80 Å². The quantitative estimate of drug-likeness (QED) is 0.845. The number of para-hydroxylation sites is 1. The summed E-state index contributed by atoms with van der Waals surface area (Å²) in [5, 5.41) is 0. The molecule has 1 aromatic rings. The second-order valence-corrected chi connectivity index (χ2v) is 5.76. The molecule has 0 radical (unpaired) electrons. The summed E-state index contributed by atoms with van der Waals surface area (Å²) in [7, 11) is 1.86. The number of hydrogen-bond donors (Lipinski definition) is 0. The van der Waals surface area contributed by atoms with Gasteiger partial charge < -0.3 is 14.5 Å². The van der Waals surface area contributed by atoms with Gasteiger partial charge in [0, 0.05) is 13.6 Å². The number of likely N-dealkylation sites (N-methyl/N-ethyl adjacent to an activating group) is 1. The van der Waals surface area contributed by atoms with E-state index in [1.165, 1.54) is 25.9 Å². The third-order valence-electron chi connectivity index (χ3n) is 4.20. The van der Waals surface area contributed by atoms with Gasteiger partial charge in [-0.05, 0) is 44.5 Å². The maximum atomic E-state index is 12.3. The molecule has 4 heteroatoms. The van der Waals surface area contributed by atoms with Crippen LogP contribution in [0, 0.1) is 0 Å². The van der Waals surface area contributed by atoms with Gasteiger partial charge in [0.1, 0.15) is 11.9 Å². The fourth-order valence-corrected chi connectivity index (χ4v) is 3.04. The fourth-order valence-electron chi connectivity index (χ4n) is 3.04. The van der Waals surface area contributed by atoms with Crippen LogP contribution in [0.3, 0.4) is 0 Å². The second kappa shape index (κ2) is 5.83. The van der Waals surface area contributed by atoms with E-state index in [0.29, 0.717) is 12.1 Å². The van der Waals surface area contributed by atoms with E-state index >= 15 is 0 Å². The molecule has 108 valence electrons. The topological polar surface area (TPSA) is 32.8 Å². The molecule has 2 heterocycles. The number of nitrogens with zero attached hydrogens (tertiary/aromatic N) is 2. The summed E-state index contributed by atoms with van der Waals surface area (Å²) in [4.78, 5) is 16.5. The molecule has 1 atom stereocenters. The van der Waals surface area contributed by atoms with E-state index in [4.69, 9.17) is 4.74 Å². The van der Waals surface area contributed by atoms with Crippen molar-refractivity contribution in [2.24, 2.45) is 0 Å². The first-order valence-corrected chi connectivity index (χ1v) is 7.47. The van der Waals surface area contributed by atoms with Gasteiger partial charge in [0.05, 0.1) is 12.1 Å². The lowest BCUT2D eigenvalue weighted by Crippen LogP contribution is -2.36. The average molecular weight is 274 g/mol. The molecule has 1 saturated heterocycles. The van der Waals surface area contributed by atoms with Crippen LogP contribution in [0.25, 0.3) is 0 Å². The van der Waals surface area contributed by atoms with Gasteiger partial charge in [-0.3, -0.25) is 4.79 Å². The van der Waals surface area contributed by atoms with E-state index in [1.54, 1.807) is 4.90 Å². The molecular formula is C16H22N2O2. The summed E-state index contributed by atoms with van der Waals surface area (Å²) in [5.74, 6) is 0.789. The van der Waals surface area contributed by atoms with Gasteiger partial charge in [0.25, 0.3) is 5.91 Å². The molecule has 1 fully saturated rings. The van der Waals surface area contributed by atoms with Crippen molar-refractivity contribution in [1.29, 1.82) is 0 Å². The van der Waals surface area contributed by atoms with E-state index < -0.39 is 0 Å². The number of amides is 1. The molecule has 0 aromatic heterocycles. The Bertz CT molecular complexity index is 483. The zero-order valence-electron chi connectivity index (χ0n) is 12.0. The van der Waals surface area contributed by atoms with Crippen molar-refractivity contribution in [2.45, 2.75) is 25.4 Å². The molecule has 0 N–H and O–H groups in total. The molecule has 0 spiro atoms. The molecule has 1 amide bonds. The highest BCUT2D eigenvalue weighted by Gasteiger charge is 2.26. The summed E-state index contributed by atoms with van der Waals surface area (Å²) in [6.07, 6.45) is 3.69. The molecule has 4 nitrogen and oxygen atoms in total. The second-order valence-electron chi connectivity index (χ2n) is 5.76. The lowest BCUT2D eigenvalue weighted by atomic mass is 10.2. The van der Waals surface area contributed by atoms with Crippen molar-refractivity contribution in [3.63, 3.8) is 0 Å². The number of fused-ring (bicyclic) bond motifs is 1. The van der Waals surface area contributed by atoms with Crippen LogP contribution in [-0.4, -0.2) is 55.0 Å². The summed E-state index contributed by atoms with van der Waals surface area (Å²) in [6.45, 7) is 4.15.